The van der Waals surface area contributed by atoms with Gasteiger partial charge in [0.05, 0.1) is 18.9 Å². The van der Waals surface area contributed by atoms with Gasteiger partial charge >= 0.3 is 6.18 Å². The third-order valence-corrected chi connectivity index (χ3v) is 7.93. The molecule has 0 atom stereocenters. The molecule has 0 aromatic heterocycles. The molecule has 8 heteroatoms. The molecule has 4 aromatic carbocycles. The third-order valence-electron chi connectivity index (χ3n) is 7.93. The first-order chi connectivity index (χ1) is 19.6. The minimum atomic E-state index is -4.35. The Kier molecular flexibility index (Phi) is 6.66. The SMILES string of the molecule is CN1CN(c2cccc(Oc3cccc(N4C=CN(c5ccc(C(F)(F)F)cc5)C4)c3)c2)c2ccccc2C1(C)C. The van der Waals surface area contributed by atoms with E-state index in [1.54, 1.807) is 0 Å². The maximum absolute atomic E-state index is 12.9. The number of nitrogens with zero attached hydrogens (tertiary/aromatic N) is 4. The lowest BCUT2D eigenvalue weighted by molar-refractivity contribution is -0.137. The van der Waals surface area contributed by atoms with Crippen molar-refractivity contribution in [3.05, 3.63) is 121 Å². The Morgan fingerprint density at radius 1 is 0.683 bits per heavy atom. The minimum Gasteiger partial charge on any atom is -0.457 e. The molecule has 0 aliphatic carbocycles. The lowest BCUT2D eigenvalue weighted by atomic mass is 9.88. The molecule has 0 radical (unpaired) electrons. The largest absolute Gasteiger partial charge is 0.457 e. The van der Waals surface area contributed by atoms with Gasteiger partial charge in [0.2, 0.25) is 0 Å². The molecular weight excluding hydrogens is 525 g/mol. The number of anilines is 4. The highest BCUT2D eigenvalue weighted by atomic mass is 19.4. The van der Waals surface area contributed by atoms with Gasteiger partial charge in [-0.15, -0.1) is 0 Å². The summed E-state index contributed by atoms with van der Waals surface area (Å²) in [5.41, 5.74) is 4.38. The van der Waals surface area contributed by atoms with Crippen molar-refractivity contribution in [2.24, 2.45) is 0 Å². The second-order valence-electron chi connectivity index (χ2n) is 10.9. The number of hydrogen-bond donors (Lipinski definition) is 0. The van der Waals surface area contributed by atoms with Gasteiger partial charge in [-0.3, -0.25) is 4.90 Å². The van der Waals surface area contributed by atoms with Crippen molar-refractivity contribution in [3.63, 3.8) is 0 Å². The van der Waals surface area contributed by atoms with Crippen molar-refractivity contribution < 1.29 is 17.9 Å². The van der Waals surface area contributed by atoms with Crippen molar-refractivity contribution in [3.8, 4) is 11.5 Å². The van der Waals surface area contributed by atoms with Gasteiger partial charge in [0.15, 0.2) is 0 Å². The van der Waals surface area contributed by atoms with E-state index in [4.69, 9.17) is 4.74 Å². The van der Waals surface area contributed by atoms with Crippen LogP contribution in [0.2, 0.25) is 0 Å². The fourth-order valence-electron chi connectivity index (χ4n) is 5.29. The van der Waals surface area contributed by atoms with Crippen LogP contribution in [0, 0.1) is 0 Å². The molecule has 4 aromatic rings. The van der Waals surface area contributed by atoms with E-state index in [2.05, 4.69) is 67.1 Å². The summed E-state index contributed by atoms with van der Waals surface area (Å²) in [6.45, 7) is 5.71. The zero-order valence-corrected chi connectivity index (χ0v) is 23.1. The Morgan fingerprint density at radius 2 is 1.29 bits per heavy atom. The first-order valence-corrected chi connectivity index (χ1v) is 13.4. The van der Waals surface area contributed by atoms with Crippen LogP contribution in [0.25, 0.3) is 0 Å². The molecule has 0 fully saturated rings. The maximum Gasteiger partial charge on any atom is 0.416 e. The number of hydrogen-bond acceptors (Lipinski definition) is 5. The number of alkyl halides is 3. The van der Waals surface area contributed by atoms with Gasteiger partial charge < -0.3 is 19.4 Å². The summed E-state index contributed by atoms with van der Waals surface area (Å²) in [6, 6.07) is 29.6. The molecular formula is C33H31F3N4O. The number of halogens is 3. The molecule has 0 saturated heterocycles. The van der Waals surface area contributed by atoms with Crippen LogP contribution in [0.15, 0.2) is 109 Å². The average molecular weight is 557 g/mol. The van der Waals surface area contributed by atoms with Gasteiger partial charge in [-0.2, -0.15) is 13.2 Å². The highest BCUT2D eigenvalue weighted by Crippen LogP contribution is 2.43. The Hall–Kier alpha value is -4.43. The van der Waals surface area contributed by atoms with Gasteiger partial charge in [-0.1, -0.05) is 30.3 Å². The zero-order chi connectivity index (χ0) is 28.8. The molecule has 5 nitrogen and oxygen atoms in total. The van der Waals surface area contributed by atoms with Crippen LogP contribution in [0.4, 0.5) is 35.9 Å². The van der Waals surface area contributed by atoms with Crippen molar-refractivity contribution in [1.82, 2.24) is 4.90 Å². The van der Waals surface area contributed by atoms with Crippen LogP contribution in [0.1, 0.15) is 25.0 Å². The molecule has 0 unspecified atom stereocenters. The molecule has 6 rings (SSSR count). The van der Waals surface area contributed by atoms with Gasteiger partial charge in [0, 0.05) is 52.8 Å². The molecule has 0 saturated carbocycles. The van der Waals surface area contributed by atoms with E-state index < -0.39 is 11.7 Å². The molecule has 2 aliphatic rings. The van der Waals surface area contributed by atoms with E-state index in [9.17, 15) is 13.2 Å². The Balaban J connectivity index is 1.18. The van der Waals surface area contributed by atoms with Gasteiger partial charge in [-0.05, 0) is 81.1 Å². The lowest BCUT2D eigenvalue weighted by Crippen LogP contribution is -2.49. The highest BCUT2D eigenvalue weighted by molar-refractivity contribution is 5.70. The van der Waals surface area contributed by atoms with Gasteiger partial charge in [0.25, 0.3) is 0 Å². The Bertz CT molecular complexity index is 1580. The normalized spacial score (nSPS) is 16.7. The smallest absolute Gasteiger partial charge is 0.416 e. The molecule has 2 heterocycles. The number of benzene rings is 4. The fourth-order valence-corrected chi connectivity index (χ4v) is 5.29. The number of rotatable bonds is 5. The summed E-state index contributed by atoms with van der Waals surface area (Å²) in [7, 11) is 2.14. The molecule has 0 N–H and O–H groups in total. The Labute approximate surface area is 238 Å². The summed E-state index contributed by atoms with van der Waals surface area (Å²) < 4.78 is 45.1. The van der Waals surface area contributed by atoms with E-state index >= 15 is 0 Å². The summed E-state index contributed by atoms with van der Waals surface area (Å²) in [4.78, 5) is 8.55. The van der Waals surface area contributed by atoms with Crippen LogP contribution in [-0.4, -0.2) is 25.3 Å². The molecule has 0 amide bonds. The second kappa shape index (κ2) is 10.2. The molecule has 41 heavy (non-hydrogen) atoms. The van der Waals surface area contributed by atoms with Crippen molar-refractivity contribution in [2.45, 2.75) is 25.6 Å². The quantitative estimate of drug-likeness (QED) is 0.245. The standard InChI is InChI=1S/C33H31F3N4O/c1-32(2)30-12-4-5-13-31(30)40(22-37(32)3)27-9-7-11-29(21-27)41-28-10-6-8-26(20-28)39-19-18-38(23-39)25-16-14-24(15-17-25)33(34,35)36/h4-21H,22-23H2,1-3H3. The zero-order valence-electron chi connectivity index (χ0n) is 23.1. The topological polar surface area (TPSA) is 22.2 Å². The van der Waals surface area contributed by atoms with Crippen LogP contribution in [0.5, 0.6) is 11.5 Å². The van der Waals surface area contributed by atoms with Gasteiger partial charge in [-0.25, -0.2) is 0 Å². The maximum atomic E-state index is 12.9. The van der Waals surface area contributed by atoms with Gasteiger partial charge in [0.1, 0.15) is 11.5 Å². The summed E-state index contributed by atoms with van der Waals surface area (Å²) in [5, 5.41) is 0. The third kappa shape index (κ3) is 5.23. The first kappa shape index (κ1) is 26.8. The van der Waals surface area contributed by atoms with E-state index in [0.29, 0.717) is 18.1 Å². The monoisotopic (exact) mass is 556 g/mol. The molecule has 0 bridgehead atoms. The fraction of sp³-hybridized carbons (Fsp3) is 0.212. The molecule has 0 spiro atoms. The van der Waals surface area contributed by atoms with Crippen LogP contribution in [-0.2, 0) is 11.7 Å². The van der Waals surface area contributed by atoms with E-state index in [0.717, 1.165) is 35.9 Å². The minimum absolute atomic E-state index is 0.0756. The Morgan fingerprint density at radius 3 is 1.98 bits per heavy atom. The van der Waals surface area contributed by atoms with Crippen molar-refractivity contribution in [2.75, 3.05) is 35.1 Å². The van der Waals surface area contributed by atoms with E-state index in [1.165, 1.54) is 23.4 Å². The van der Waals surface area contributed by atoms with Crippen molar-refractivity contribution >= 4 is 22.7 Å². The number of ether oxygens (including phenoxy) is 1. The lowest BCUT2D eigenvalue weighted by Gasteiger charge is -2.47. The molecule has 210 valence electrons. The van der Waals surface area contributed by atoms with E-state index in [1.807, 2.05) is 58.6 Å². The van der Waals surface area contributed by atoms with Crippen LogP contribution in [0.3, 0.4) is 0 Å². The predicted octanol–water partition coefficient (Wildman–Crippen LogP) is 8.53. The first-order valence-electron chi connectivity index (χ1n) is 13.4. The highest BCUT2D eigenvalue weighted by Gasteiger charge is 2.35. The summed E-state index contributed by atoms with van der Waals surface area (Å²) in [6.07, 6.45) is -0.589. The number of fused-ring (bicyclic) bond motifs is 1. The average Bonchev–Trinajstić information content (AvgIpc) is 3.46. The molecule has 2 aliphatic heterocycles. The second-order valence-corrected chi connectivity index (χ2v) is 10.9. The van der Waals surface area contributed by atoms with Crippen molar-refractivity contribution in [1.29, 1.82) is 0 Å². The van der Waals surface area contributed by atoms with Crippen LogP contribution >= 0.6 is 0 Å². The predicted molar refractivity (Wildman–Crippen MR) is 158 cm³/mol. The van der Waals surface area contributed by atoms with Crippen LogP contribution < -0.4 is 19.4 Å². The van der Waals surface area contributed by atoms with E-state index in [-0.39, 0.29) is 5.54 Å². The summed E-state index contributed by atoms with van der Waals surface area (Å²) in [5.74, 6) is 1.42. The number of para-hydroxylation sites is 1. The summed E-state index contributed by atoms with van der Waals surface area (Å²) >= 11 is 0.